The number of benzene rings is 2. The van der Waals surface area contributed by atoms with E-state index in [-0.39, 0.29) is 24.0 Å². The van der Waals surface area contributed by atoms with E-state index in [4.69, 9.17) is 16.3 Å². The van der Waals surface area contributed by atoms with Gasteiger partial charge >= 0.3 is 0 Å². The number of Topliss-reactive ketones (excluding diaryl/α,β-unsaturated/α-hetero) is 1. The number of aliphatic hydroxyl groups is 1. The van der Waals surface area contributed by atoms with Crippen LogP contribution < -0.4 is 0 Å². The first-order valence-corrected chi connectivity index (χ1v) is 9.65. The molecule has 2 saturated heterocycles. The number of hydrogen-bond acceptors (Lipinski definition) is 4. The number of hydrogen-bond donors (Lipinski definition) is 1. The molecule has 2 aromatic carbocycles. The monoisotopic (exact) mass is 397 g/mol. The zero-order valence-electron chi connectivity index (χ0n) is 15.2. The number of carbonyl (C=O) groups excluding carboxylic acids is 2. The third-order valence-corrected chi connectivity index (χ3v) is 5.56. The van der Waals surface area contributed by atoms with Crippen LogP contribution >= 0.6 is 11.6 Å². The van der Waals surface area contributed by atoms with Crippen LogP contribution in [0, 0.1) is 0 Å². The second kappa shape index (κ2) is 7.78. The Labute approximate surface area is 168 Å². The Hall–Kier alpha value is -2.63. The minimum absolute atomic E-state index is 0.0577. The standard InChI is InChI=1S/C22H20ClNO4/c23-17-11-5-4-10-16(17)19-18(20(25)14-7-2-1-3-8-14)21(26)22(27)24(19)13-15-9-6-12-28-15/h1-5,7-8,10-11,15,19,25H,6,9,12-13H2/b20-18+/t15-,19+/m0/s1. The smallest absolute Gasteiger partial charge is 0.295 e. The Balaban J connectivity index is 1.84. The molecule has 0 saturated carbocycles. The molecular weight excluding hydrogens is 378 g/mol. The van der Waals surface area contributed by atoms with Gasteiger partial charge in [0, 0.05) is 23.7 Å². The van der Waals surface area contributed by atoms with E-state index in [0.29, 0.717) is 22.8 Å². The van der Waals surface area contributed by atoms with Crippen molar-refractivity contribution >= 4 is 29.1 Å². The Bertz CT molecular complexity index is 935. The van der Waals surface area contributed by atoms with Crippen molar-refractivity contribution in [2.45, 2.75) is 25.0 Å². The van der Waals surface area contributed by atoms with Gasteiger partial charge in [0.1, 0.15) is 5.76 Å². The van der Waals surface area contributed by atoms with E-state index >= 15 is 0 Å². The molecule has 2 aliphatic rings. The molecule has 0 aliphatic carbocycles. The molecule has 1 amide bonds. The van der Waals surface area contributed by atoms with E-state index in [0.717, 1.165) is 12.8 Å². The highest BCUT2D eigenvalue weighted by Crippen LogP contribution is 2.42. The summed E-state index contributed by atoms with van der Waals surface area (Å²) >= 11 is 6.41. The van der Waals surface area contributed by atoms with Crippen LogP contribution in [0.15, 0.2) is 60.2 Å². The van der Waals surface area contributed by atoms with Crippen molar-refractivity contribution in [3.63, 3.8) is 0 Å². The lowest BCUT2D eigenvalue weighted by atomic mass is 9.95. The Morgan fingerprint density at radius 1 is 1.11 bits per heavy atom. The minimum Gasteiger partial charge on any atom is -0.507 e. The lowest BCUT2D eigenvalue weighted by Gasteiger charge is -2.28. The molecule has 6 heteroatoms. The van der Waals surface area contributed by atoms with Crippen LogP contribution in [0.1, 0.15) is 30.0 Å². The summed E-state index contributed by atoms with van der Waals surface area (Å²) < 4.78 is 5.68. The predicted molar refractivity (Wildman–Crippen MR) is 106 cm³/mol. The first-order chi connectivity index (χ1) is 13.6. The van der Waals surface area contributed by atoms with Crippen molar-refractivity contribution in [2.75, 3.05) is 13.2 Å². The van der Waals surface area contributed by atoms with Crippen LogP contribution in [0.3, 0.4) is 0 Å². The number of carbonyl (C=O) groups is 2. The summed E-state index contributed by atoms with van der Waals surface area (Å²) in [6, 6.07) is 15.1. The summed E-state index contributed by atoms with van der Waals surface area (Å²) in [6.07, 6.45) is 1.63. The van der Waals surface area contributed by atoms with E-state index in [1.165, 1.54) is 4.90 Å². The van der Waals surface area contributed by atoms with Crippen LogP contribution in [0.4, 0.5) is 0 Å². The third kappa shape index (κ3) is 3.32. The van der Waals surface area contributed by atoms with Crippen LogP contribution in [0.2, 0.25) is 5.02 Å². The third-order valence-electron chi connectivity index (χ3n) is 5.21. The summed E-state index contributed by atoms with van der Waals surface area (Å²) in [5.74, 6) is -1.54. The largest absolute Gasteiger partial charge is 0.507 e. The van der Waals surface area contributed by atoms with Gasteiger partial charge in [-0.05, 0) is 24.5 Å². The van der Waals surface area contributed by atoms with Crippen molar-refractivity contribution in [3.05, 3.63) is 76.3 Å². The van der Waals surface area contributed by atoms with Gasteiger partial charge in [-0.1, -0.05) is 60.1 Å². The molecule has 0 aromatic heterocycles. The highest BCUT2D eigenvalue weighted by molar-refractivity contribution is 6.47. The van der Waals surface area contributed by atoms with Gasteiger partial charge < -0.3 is 14.7 Å². The molecule has 28 heavy (non-hydrogen) atoms. The lowest BCUT2D eigenvalue weighted by Crippen LogP contribution is -2.36. The average molecular weight is 398 g/mol. The van der Waals surface area contributed by atoms with E-state index < -0.39 is 17.7 Å². The number of rotatable bonds is 4. The van der Waals surface area contributed by atoms with Crippen molar-refractivity contribution in [3.8, 4) is 0 Å². The molecule has 0 unspecified atom stereocenters. The Morgan fingerprint density at radius 2 is 1.82 bits per heavy atom. The van der Waals surface area contributed by atoms with E-state index in [1.807, 2.05) is 6.07 Å². The fraction of sp³-hybridized carbons (Fsp3) is 0.273. The number of halogens is 1. The molecule has 2 aliphatic heterocycles. The molecule has 1 N–H and O–H groups in total. The molecule has 0 radical (unpaired) electrons. The predicted octanol–water partition coefficient (Wildman–Crippen LogP) is 3.94. The molecule has 144 valence electrons. The highest BCUT2D eigenvalue weighted by atomic mass is 35.5. The van der Waals surface area contributed by atoms with Crippen LogP contribution in [-0.4, -0.2) is 41.0 Å². The van der Waals surface area contributed by atoms with Gasteiger partial charge in [-0.3, -0.25) is 9.59 Å². The normalized spacial score (nSPS) is 24.1. The molecule has 4 rings (SSSR count). The number of ether oxygens (including phenoxy) is 1. The maximum absolute atomic E-state index is 12.9. The average Bonchev–Trinajstić information content (AvgIpc) is 3.31. The second-order valence-electron chi connectivity index (χ2n) is 6.97. The van der Waals surface area contributed by atoms with Gasteiger partial charge in [0.05, 0.1) is 17.7 Å². The van der Waals surface area contributed by atoms with Crippen molar-refractivity contribution in [2.24, 2.45) is 0 Å². The zero-order valence-corrected chi connectivity index (χ0v) is 15.9. The second-order valence-corrected chi connectivity index (χ2v) is 7.38. The molecule has 2 fully saturated rings. The van der Waals surface area contributed by atoms with Crippen LogP contribution in [0.5, 0.6) is 0 Å². The van der Waals surface area contributed by atoms with E-state index in [1.54, 1.807) is 48.5 Å². The number of likely N-dealkylation sites (tertiary alicyclic amines) is 1. The maximum atomic E-state index is 12.9. The number of nitrogens with zero attached hydrogens (tertiary/aromatic N) is 1. The highest BCUT2D eigenvalue weighted by Gasteiger charge is 2.47. The van der Waals surface area contributed by atoms with Gasteiger partial charge in [0.15, 0.2) is 0 Å². The number of ketones is 1. The first-order valence-electron chi connectivity index (χ1n) is 9.28. The molecule has 0 spiro atoms. The number of aliphatic hydroxyl groups excluding tert-OH is 1. The summed E-state index contributed by atoms with van der Waals surface area (Å²) in [5, 5.41) is 11.4. The summed E-state index contributed by atoms with van der Waals surface area (Å²) in [6.45, 7) is 0.932. The fourth-order valence-corrected chi connectivity index (χ4v) is 4.09. The van der Waals surface area contributed by atoms with Gasteiger partial charge in [0.25, 0.3) is 11.7 Å². The van der Waals surface area contributed by atoms with Crippen molar-refractivity contribution in [1.29, 1.82) is 0 Å². The Morgan fingerprint density at radius 3 is 2.50 bits per heavy atom. The Kier molecular flexibility index (Phi) is 5.20. The van der Waals surface area contributed by atoms with Crippen molar-refractivity contribution < 1.29 is 19.4 Å². The van der Waals surface area contributed by atoms with Crippen LogP contribution in [-0.2, 0) is 14.3 Å². The summed E-state index contributed by atoms with van der Waals surface area (Å²) in [5.41, 5.74) is 1.15. The van der Waals surface area contributed by atoms with Crippen LogP contribution in [0.25, 0.3) is 5.76 Å². The zero-order chi connectivity index (χ0) is 19.7. The minimum atomic E-state index is -0.752. The summed E-state index contributed by atoms with van der Waals surface area (Å²) in [4.78, 5) is 27.3. The molecular formula is C22H20ClNO4. The van der Waals surface area contributed by atoms with Gasteiger partial charge in [-0.2, -0.15) is 0 Å². The lowest BCUT2D eigenvalue weighted by molar-refractivity contribution is -0.140. The fourth-order valence-electron chi connectivity index (χ4n) is 3.85. The first kappa shape index (κ1) is 18.7. The molecule has 2 aromatic rings. The van der Waals surface area contributed by atoms with Gasteiger partial charge in [-0.15, -0.1) is 0 Å². The molecule has 5 nitrogen and oxygen atoms in total. The van der Waals surface area contributed by atoms with Crippen molar-refractivity contribution in [1.82, 2.24) is 4.90 Å². The molecule has 0 bridgehead atoms. The summed E-state index contributed by atoms with van der Waals surface area (Å²) in [7, 11) is 0. The van der Waals surface area contributed by atoms with Gasteiger partial charge in [-0.25, -0.2) is 0 Å². The van der Waals surface area contributed by atoms with E-state index in [9.17, 15) is 14.7 Å². The van der Waals surface area contributed by atoms with Gasteiger partial charge in [0.2, 0.25) is 0 Å². The maximum Gasteiger partial charge on any atom is 0.295 e. The quantitative estimate of drug-likeness (QED) is 0.482. The molecule has 2 heterocycles. The van der Waals surface area contributed by atoms with E-state index in [2.05, 4.69) is 0 Å². The SMILES string of the molecule is O=C1C(=O)N(C[C@@H]2CCCO2)[C@H](c2ccccc2Cl)/C1=C(\O)c1ccccc1. The molecule has 2 atom stereocenters. The number of amides is 1. The topological polar surface area (TPSA) is 66.8 Å².